The van der Waals surface area contributed by atoms with Crippen molar-refractivity contribution in [3.05, 3.63) is 65.2 Å². The Labute approximate surface area is 172 Å². The van der Waals surface area contributed by atoms with E-state index in [1.165, 1.54) is 0 Å². The molecule has 0 unspecified atom stereocenters. The molecule has 156 valence electrons. The first kappa shape index (κ1) is 22.2. The average molecular weight is 399 g/mol. The fourth-order valence-corrected chi connectivity index (χ4v) is 2.63. The second-order valence-electron chi connectivity index (χ2n) is 6.43. The van der Waals surface area contributed by atoms with Crippen LogP contribution >= 0.6 is 0 Å². The molecule has 0 aliphatic heterocycles. The van der Waals surface area contributed by atoms with Gasteiger partial charge in [0.15, 0.2) is 5.96 Å². The molecular weight excluding hydrogens is 368 g/mol. The molecule has 1 amide bonds. The van der Waals surface area contributed by atoms with Crippen LogP contribution in [0, 0.1) is 6.92 Å². The number of hydrogen-bond acceptors (Lipinski definition) is 4. The Bertz CT molecular complexity index is 794. The zero-order valence-electron chi connectivity index (χ0n) is 17.3. The summed E-state index contributed by atoms with van der Waals surface area (Å²) in [4.78, 5) is 16.3. The molecule has 0 fully saturated rings. The number of rotatable bonds is 10. The van der Waals surface area contributed by atoms with Crippen LogP contribution in [0.25, 0.3) is 0 Å². The molecule has 0 saturated heterocycles. The largest absolute Gasteiger partial charge is 0.491 e. The zero-order chi connectivity index (χ0) is 20.9. The topological polar surface area (TPSA) is 84.0 Å². The molecular formula is C22H30N4O3. The Hall–Kier alpha value is -3.06. The quantitative estimate of drug-likeness (QED) is 0.324. The number of ether oxygens (including phenoxy) is 2. The van der Waals surface area contributed by atoms with Crippen molar-refractivity contribution in [3.8, 4) is 5.75 Å². The van der Waals surface area contributed by atoms with Gasteiger partial charge in [-0.1, -0.05) is 30.3 Å². The van der Waals surface area contributed by atoms with Gasteiger partial charge in [0.25, 0.3) is 5.91 Å². The highest BCUT2D eigenvalue weighted by atomic mass is 16.5. The summed E-state index contributed by atoms with van der Waals surface area (Å²) in [7, 11) is 3.36. The van der Waals surface area contributed by atoms with Crippen molar-refractivity contribution >= 4 is 11.9 Å². The number of nitrogens with zero attached hydrogens (tertiary/aromatic N) is 1. The van der Waals surface area contributed by atoms with E-state index in [-0.39, 0.29) is 5.91 Å². The second-order valence-corrected chi connectivity index (χ2v) is 6.43. The molecule has 7 nitrogen and oxygen atoms in total. The fourth-order valence-electron chi connectivity index (χ4n) is 2.63. The number of aliphatic imine (C=N–C) groups is 1. The summed E-state index contributed by atoms with van der Waals surface area (Å²) < 4.78 is 10.9. The van der Waals surface area contributed by atoms with Crippen molar-refractivity contribution in [2.24, 2.45) is 4.99 Å². The van der Waals surface area contributed by atoms with Crippen LogP contribution < -0.4 is 20.7 Å². The van der Waals surface area contributed by atoms with Crippen molar-refractivity contribution in [2.45, 2.75) is 13.5 Å². The highest BCUT2D eigenvalue weighted by Gasteiger charge is 2.07. The third-order valence-electron chi connectivity index (χ3n) is 4.18. The maximum absolute atomic E-state index is 12.0. The number of aryl methyl sites for hydroxylation is 1. The van der Waals surface area contributed by atoms with Crippen molar-refractivity contribution in [1.29, 1.82) is 0 Å². The number of carbonyl (C=O) groups is 1. The molecule has 0 spiro atoms. The van der Waals surface area contributed by atoms with Crippen LogP contribution in [0.3, 0.4) is 0 Å². The number of guanidine groups is 1. The monoisotopic (exact) mass is 398 g/mol. The van der Waals surface area contributed by atoms with E-state index in [1.807, 2.05) is 37.3 Å². The van der Waals surface area contributed by atoms with Crippen LogP contribution in [0.2, 0.25) is 0 Å². The van der Waals surface area contributed by atoms with Gasteiger partial charge in [0, 0.05) is 44.9 Å². The first-order chi connectivity index (χ1) is 14.1. The summed E-state index contributed by atoms with van der Waals surface area (Å²) >= 11 is 0. The van der Waals surface area contributed by atoms with Gasteiger partial charge in [-0.3, -0.25) is 9.79 Å². The standard InChI is InChI=1S/C22H30N4O3/c1-17-9-10-19(20(15-17)29-14-13-28-3)16-26-22(23-2)25-12-11-24-21(27)18-7-5-4-6-8-18/h4-10,15H,11-14,16H2,1-3H3,(H,24,27)(H2,23,25,26). The normalized spacial score (nSPS) is 11.1. The summed E-state index contributed by atoms with van der Waals surface area (Å²) in [6.45, 7) is 4.69. The predicted octanol–water partition coefficient (Wildman–Crippen LogP) is 2.12. The molecule has 0 aliphatic carbocycles. The van der Waals surface area contributed by atoms with Gasteiger partial charge in [0.2, 0.25) is 0 Å². The van der Waals surface area contributed by atoms with E-state index < -0.39 is 0 Å². The fraction of sp³-hybridized carbons (Fsp3) is 0.364. The molecule has 0 saturated carbocycles. The first-order valence-corrected chi connectivity index (χ1v) is 9.63. The van der Waals surface area contributed by atoms with Crippen LogP contribution in [0.15, 0.2) is 53.5 Å². The first-order valence-electron chi connectivity index (χ1n) is 9.63. The molecule has 0 aliphatic rings. The van der Waals surface area contributed by atoms with Gasteiger partial charge in [0.1, 0.15) is 12.4 Å². The smallest absolute Gasteiger partial charge is 0.251 e. The molecule has 0 heterocycles. The summed E-state index contributed by atoms with van der Waals surface area (Å²) in [5.74, 6) is 1.40. The van der Waals surface area contributed by atoms with E-state index in [9.17, 15) is 4.79 Å². The minimum Gasteiger partial charge on any atom is -0.491 e. The van der Waals surface area contributed by atoms with Gasteiger partial charge in [-0.15, -0.1) is 0 Å². The molecule has 0 radical (unpaired) electrons. The third-order valence-corrected chi connectivity index (χ3v) is 4.18. The van der Waals surface area contributed by atoms with E-state index in [2.05, 4.69) is 27.0 Å². The summed E-state index contributed by atoms with van der Waals surface area (Å²) in [5.41, 5.74) is 2.82. The van der Waals surface area contributed by atoms with Gasteiger partial charge in [0.05, 0.1) is 6.61 Å². The Kier molecular flexibility index (Phi) is 9.51. The maximum atomic E-state index is 12.0. The molecule has 2 aromatic carbocycles. The van der Waals surface area contributed by atoms with E-state index in [0.29, 0.717) is 44.4 Å². The molecule has 3 N–H and O–H groups in total. The number of amides is 1. The number of methoxy groups -OCH3 is 1. The lowest BCUT2D eigenvalue weighted by molar-refractivity contribution is 0.0954. The third kappa shape index (κ3) is 7.83. The zero-order valence-corrected chi connectivity index (χ0v) is 17.3. The van der Waals surface area contributed by atoms with Crippen LogP contribution in [0.4, 0.5) is 0 Å². The minimum atomic E-state index is -0.0900. The van der Waals surface area contributed by atoms with E-state index >= 15 is 0 Å². The van der Waals surface area contributed by atoms with E-state index in [1.54, 1.807) is 26.3 Å². The molecule has 2 rings (SSSR count). The molecule has 2 aromatic rings. The number of carbonyl (C=O) groups excluding carboxylic acids is 1. The van der Waals surface area contributed by atoms with Crippen molar-refractivity contribution < 1.29 is 14.3 Å². The molecule has 0 atom stereocenters. The summed E-state index contributed by atoms with van der Waals surface area (Å²) in [6.07, 6.45) is 0. The highest BCUT2D eigenvalue weighted by Crippen LogP contribution is 2.20. The lowest BCUT2D eigenvalue weighted by Crippen LogP contribution is -2.41. The van der Waals surface area contributed by atoms with Crippen molar-refractivity contribution in [3.63, 3.8) is 0 Å². The Morgan fingerprint density at radius 1 is 1.00 bits per heavy atom. The van der Waals surface area contributed by atoms with E-state index in [4.69, 9.17) is 9.47 Å². The molecule has 7 heteroatoms. The maximum Gasteiger partial charge on any atom is 0.251 e. The Morgan fingerprint density at radius 3 is 2.48 bits per heavy atom. The second kappa shape index (κ2) is 12.4. The van der Waals surface area contributed by atoms with Gasteiger partial charge < -0.3 is 25.4 Å². The average Bonchev–Trinajstić information content (AvgIpc) is 2.75. The SMILES string of the molecule is CN=C(NCCNC(=O)c1ccccc1)NCc1ccc(C)cc1OCCOC. The van der Waals surface area contributed by atoms with Crippen molar-refractivity contribution in [2.75, 3.05) is 40.5 Å². The van der Waals surface area contributed by atoms with Crippen LogP contribution in [-0.2, 0) is 11.3 Å². The highest BCUT2D eigenvalue weighted by molar-refractivity contribution is 5.94. The number of hydrogen-bond donors (Lipinski definition) is 3. The Balaban J connectivity index is 1.78. The summed E-state index contributed by atoms with van der Waals surface area (Å²) in [6, 6.07) is 15.3. The van der Waals surface area contributed by atoms with Gasteiger partial charge in [-0.2, -0.15) is 0 Å². The molecule has 29 heavy (non-hydrogen) atoms. The van der Waals surface area contributed by atoms with Gasteiger partial charge in [-0.25, -0.2) is 0 Å². The van der Waals surface area contributed by atoms with Crippen molar-refractivity contribution in [1.82, 2.24) is 16.0 Å². The predicted molar refractivity (Wildman–Crippen MR) is 116 cm³/mol. The van der Waals surface area contributed by atoms with Crippen LogP contribution in [0.5, 0.6) is 5.75 Å². The molecule has 0 aromatic heterocycles. The number of benzene rings is 2. The van der Waals surface area contributed by atoms with Crippen LogP contribution in [-0.4, -0.2) is 52.3 Å². The number of nitrogens with one attached hydrogen (secondary N) is 3. The molecule has 0 bridgehead atoms. The lowest BCUT2D eigenvalue weighted by atomic mass is 10.1. The van der Waals surface area contributed by atoms with E-state index in [0.717, 1.165) is 16.9 Å². The summed E-state index contributed by atoms with van der Waals surface area (Å²) in [5, 5.41) is 9.34. The van der Waals surface area contributed by atoms with Gasteiger partial charge in [-0.05, 0) is 30.7 Å². The Morgan fingerprint density at radius 2 is 1.76 bits per heavy atom. The lowest BCUT2D eigenvalue weighted by Gasteiger charge is -2.15. The van der Waals surface area contributed by atoms with Gasteiger partial charge >= 0.3 is 0 Å². The van der Waals surface area contributed by atoms with Crippen LogP contribution in [0.1, 0.15) is 21.5 Å². The minimum absolute atomic E-state index is 0.0900.